The average Bonchev–Trinajstić information content (AvgIpc) is 3.61. The van der Waals surface area contributed by atoms with Crippen molar-refractivity contribution in [3.05, 3.63) is 102 Å². The summed E-state index contributed by atoms with van der Waals surface area (Å²) >= 11 is 0. The fraction of sp³-hybridized carbons (Fsp3) is 0.394. The molecule has 1 atom stereocenters. The van der Waals surface area contributed by atoms with Crippen LogP contribution in [0, 0.1) is 11.6 Å². The minimum absolute atomic E-state index is 0.0705. The molecule has 4 aromatic rings. The Kier molecular flexibility index (Phi) is 8.32. The molecule has 10 heteroatoms. The predicted octanol–water partition coefficient (Wildman–Crippen LogP) is 5.43. The van der Waals surface area contributed by atoms with E-state index >= 15 is 0 Å². The number of piperidine rings is 1. The maximum Gasteiger partial charge on any atom is 0.253 e. The van der Waals surface area contributed by atoms with Crippen molar-refractivity contribution in [3.8, 4) is 11.5 Å². The van der Waals surface area contributed by atoms with Crippen molar-refractivity contribution in [2.45, 2.75) is 50.2 Å². The molecule has 0 N–H and O–H groups in total. The number of carbonyl (C=O) groups excluding carboxylic acids is 1. The predicted molar refractivity (Wildman–Crippen MR) is 158 cm³/mol. The molecular formula is C33H36F2N6O2. The lowest BCUT2D eigenvalue weighted by Gasteiger charge is -2.36. The van der Waals surface area contributed by atoms with Gasteiger partial charge in [0.15, 0.2) is 5.54 Å². The molecule has 2 saturated heterocycles. The standard InChI is InChI=1S/C33H36F2N6O2/c1-3-29-39(2)33(24-8-12-26(34)13-9-24,25-10-14-27(35)15-11-25)32(42)41(29)20-6-19-40-21-16-23(17-22-40)31-37-30(38-43-31)28-7-4-5-18-36-28/h4-5,7-15,18,23,29H,3,6,16-17,19-22H2,1-2H3. The second kappa shape index (κ2) is 12.3. The van der Waals surface area contributed by atoms with Gasteiger partial charge in [-0.2, -0.15) is 4.98 Å². The largest absolute Gasteiger partial charge is 0.339 e. The van der Waals surface area contributed by atoms with Crippen molar-refractivity contribution >= 4 is 5.91 Å². The molecule has 2 fully saturated rings. The van der Waals surface area contributed by atoms with Gasteiger partial charge < -0.3 is 14.3 Å². The molecular weight excluding hydrogens is 550 g/mol. The zero-order valence-electron chi connectivity index (χ0n) is 24.5. The highest BCUT2D eigenvalue weighted by atomic mass is 19.1. The second-order valence-corrected chi connectivity index (χ2v) is 11.4. The van der Waals surface area contributed by atoms with E-state index in [1.807, 2.05) is 30.1 Å². The number of carbonyl (C=O) groups is 1. The van der Waals surface area contributed by atoms with Crippen molar-refractivity contribution in [2.24, 2.45) is 0 Å². The minimum Gasteiger partial charge on any atom is -0.339 e. The third-order valence-electron chi connectivity index (χ3n) is 8.94. The van der Waals surface area contributed by atoms with Gasteiger partial charge in [0.2, 0.25) is 11.7 Å². The van der Waals surface area contributed by atoms with Crippen LogP contribution in [0.4, 0.5) is 8.78 Å². The van der Waals surface area contributed by atoms with Gasteiger partial charge in [0, 0.05) is 18.7 Å². The highest BCUT2D eigenvalue weighted by Gasteiger charge is 2.57. The Morgan fingerprint density at radius 1 is 0.930 bits per heavy atom. The average molecular weight is 587 g/mol. The summed E-state index contributed by atoms with van der Waals surface area (Å²) in [7, 11) is 1.93. The van der Waals surface area contributed by atoms with Crippen LogP contribution in [0.1, 0.15) is 55.5 Å². The molecule has 1 amide bonds. The van der Waals surface area contributed by atoms with Gasteiger partial charge in [-0.25, -0.2) is 8.78 Å². The molecule has 0 radical (unpaired) electrons. The van der Waals surface area contributed by atoms with Gasteiger partial charge in [-0.05, 0) is 99.9 Å². The van der Waals surface area contributed by atoms with Gasteiger partial charge in [0.25, 0.3) is 5.91 Å². The summed E-state index contributed by atoms with van der Waals surface area (Å²) in [4.78, 5) is 29.7. The monoisotopic (exact) mass is 586 g/mol. The highest BCUT2D eigenvalue weighted by molar-refractivity contribution is 5.94. The Bertz CT molecular complexity index is 1480. The Morgan fingerprint density at radius 2 is 1.58 bits per heavy atom. The van der Waals surface area contributed by atoms with E-state index in [0.29, 0.717) is 35.1 Å². The van der Waals surface area contributed by atoms with Gasteiger partial charge in [-0.1, -0.05) is 42.4 Å². The molecule has 0 saturated carbocycles. The number of pyridine rings is 1. The number of hydrogen-bond donors (Lipinski definition) is 0. The summed E-state index contributed by atoms with van der Waals surface area (Å²) in [5.41, 5.74) is 0.871. The highest BCUT2D eigenvalue weighted by Crippen LogP contribution is 2.45. The number of nitrogens with zero attached hydrogens (tertiary/aromatic N) is 6. The van der Waals surface area contributed by atoms with Crippen LogP contribution < -0.4 is 0 Å². The fourth-order valence-corrected chi connectivity index (χ4v) is 6.74. The van der Waals surface area contributed by atoms with Crippen LogP contribution in [-0.4, -0.2) is 75.1 Å². The molecule has 0 spiro atoms. The van der Waals surface area contributed by atoms with Gasteiger partial charge in [-0.15, -0.1) is 0 Å². The minimum atomic E-state index is -1.17. The first-order chi connectivity index (χ1) is 20.9. The number of hydrogen-bond acceptors (Lipinski definition) is 7. The lowest BCUT2D eigenvalue weighted by atomic mass is 9.81. The van der Waals surface area contributed by atoms with Crippen LogP contribution in [-0.2, 0) is 10.3 Å². The third-order valence-corrected chi connectivity index (χ3v) is 8.94. The van der Waals surface area contributed by atoms with E-state index in [4.69, 9.17) is 4.52 Å². The molecule has 0 bridgehead atoms. The zero-order valence-corrected chi connectivity index (χ0v) is 24.5. The Hall–Kier alpha value is -4.02. The topological polar surface area (TPSA) is 78.6 Å². The number of rotatable bonds is 9. The van der Waals surface area contributed by atoms with E-state index in [0.717, 1.165) is 45.3 Å². The molecule has 2 aliphatic heterocycles. The van der Waals surface area contributed by atoms with Crippen LogP contribution in [0.5, 0.6) is 0 Å². The lowest BCUT2D eigenvalue weighted by Crippen LogP contribution is -2.46. The molecule has 2 aliphatic rings. The quantitative estimate of drug-likeness (QED) is 0.259. The summed E-state index contributed by atoms with van der Waals surface area (Å²) in [6, 6.07) is 17.8. The fourth-order valence-electron chi connectivity index (χ4n) is 6.74. The molecule has 2 aromatic heterocycles. The molecule has 4 heterocycles. The van der Waals surface area contributed by atoms with Crippen LogP contribution >= 0.6 is 0 Å². The number of halogens is 2. The SMILES string of the molecule is CCC1N(CCCN2CCC(c3nc(-c4ccccn4)no3)CC2)C(=O)C(c2ccc(F)cc2)(c2ccc(F)cc2)N1C. The van der Waals surface area contributed by atoms with Gasteiger partial charge >= 0.3 is 0 Å². The maximum absolute atomic E-state index is 14.4. The van der Waals surface area contributed by atoms with E-state index in [1.54, 1.807) is 30.5 Å². The van der Waals surface area contributed by atoms with Gasteiger partial charge in [0.1, 0.15) is 17.3 Å². The molecule has 43 heavy (non-hydrogen) atoms. The second-order valence-electron chi connectivity index (χ2n) is 11.4. The summed E-state index contributed by atoms with van der Waals surface area (Å²) in [5, 5.41) is 4.13. The van der Waals surface area contributed by atoms with Crippen LogP contribution in [0.15, 0.2) is 77.4 Å². The molecule has 224 valence electrons. The number of likely N-dealkylation sites (N-methyl/N-ethyl adjacent to an activating group) is 1. The lowest BCUT2D eigenvalue weighted by molar-refractivity contribution is -0.133. The zero-order chi connectivity index (χ0) is 30.0. The van der Waals surface area contributed by atoms with E-state index < -0.39 is 5.54 Å². The van der Waals surface area contributed by atoms with Gasteiger partial charge in [0.05, 0.1) is 6.17 Å². The van der Waals surface area contributed by atoms with Crippen LogP contribution in [0.25, 0.3) is 11.5 Å². The smallest absolute Gasteiger partial charge is 0.253 e. The van der Waals surface area contributed by atoms with Crippen molar-refractivity contribution in [1.82, 2.24) is 29.8 Å². The number of amides is 1. The van der Waals surface area contributed by atoms with E-state index in [1.165, 1.54) is 24.3 Å². The summed E-state index contributed by atoms with van der Waals surface area (Å²) < 4.78 is 33.4. The first kappa shape index (κ1) is 29.1. The molecule has 8 nitrogen and oxygen atoms in total. The molecule has 6 rings (SSSR count). The van der Waals surface area contributed by atoms with E-state index in [2.05, 4.69) is 31.8 Å². The van der Waals surface area contributed by atoms with E-state index in [-0.39, 0.29) is 29.6 Å². The molecule has 2 aromatic carbocycles. The summed E-state index contributed by atoms with van der Waals surface area (Å²) in [6.07, 6.45) is 4.94. The van der Waals surface area contributed by atoms with Crippen molar-refractivity contribution in [2.75, 3.05) is 33.2 Å². The van der Waals surface area contributed by atoms with E-state index in [9.17, 15) is 13.6 Å². The van der Waals surface area contributed by atoms with Crippen LogP contribution in [0.3, 0.4) is 0 Å². The third kappa shape index (κ3) is 5.45. The summed E-state index contributed by atoms with van der Waals surface area (Å²) in [5.74, 6) is 0.583. The number of aromatic nitrogens is 3. The maximum atomic E-state index is 14.4. The van der Waals surface area contributed by atoms with Crippen molar-refractivity contribution < 1.29 is 18.1 Å². The Labute approximate surface area is 250 Å². The number of likely N-dealkylation sites (tertiary alicyclic amines) is 1. The van der Waals surface area contributed by atoms with Crippen molar-refractivity contribution in [3.63, 3.8) is 0 Å². The first-order valence-corrected chi connectivity index (χ1v) is 14.9. The Balaban J connectivity index is 1.12. The first-order valence-electron chi connectivity index (χ1n) is 14.9. The van der Waals surface area contributed by atoms with Gasteiger partial charge in [-0.3, -0.25) is 14.7 Å². The normalized spacial score (nSPS) is 19.8. The number of benzene rings is 2. The summed E-state index contributed by atoms with van der Waals surface area (Å²) in [6.45, 7) is 5.33. The molecule has 0 aliphatic carbocycles. The molecule has 1 unspecified atom stereocenters. The Morgan fingerprint density at radius 3 is 2.16 bits per heavy atom. The van der Waals surface area contributed by atoms with Crippen LogP contribution in [0.2, 0.25) is 0 Å². The van der Waals surface area contributed by atoms with Crippen molar-refractivity contribution in [1.29, 1.82) is 0 Å².